The third-order valence-corrected chi connectivity index (χ3v) is 4.40. The Morgan fingerprint density at radius 1 is 1.10 bits per heavy atom. The van der Waals surface area contributed by atoms with Gasteiger partial charge < -0.3 is 15.0 Å². The number of ether oxygens (including phenoxy) is 1. The van der Waals surface area contributed by atoms with Crippen LogP contribution >= 0.6 is 0 Å². The van der Waals surface area contributed by atoms with Gasteiger partial charge in [-0.2, -0.15) is 0 Å². The Kier molecular flexibility index (Phi) is 6.01. The number of hydrogen-bond donors (Lipinski definition) is 1. The molecular weight excluding hydrogens is 382 g/mol. The quantitative estimate of drug-likeness (QED) is 0.781. The zero-order chi connectivity index (χ0) is 21.0. The molecule has 0 spiro atoms. The molecule has 29 heavy (non-hydrogen) atoms. The predicted octanol–water partition coefficient (Wildman–Crippen LogP) is 3.41. The summed E-state index contributed by atoms with van der Waals surface area (Å²) in [5.41, 5.74) is 1.73. The molecule has 1 heterocycles. The number of halogens is 2. The van der Waals surface area contributed by atoms with Crippen molar-refractivity contribution in [3.05, 3.63) is 71.4 Å². The van der Waals surface area contributed by atoms with Crippen molar-refractivity contribution in [2.45, 2.75) is 19.4 Å². The number of amides is 2. The molecular formula is C21H18F2N2O4. The lowest BCUT2D eigenvalue weighted by atomic mass is 9.94. The number of hydrogen-bond acceptors (Lipinski definition) is 4. The van der Waals surface area contributed by atoms with Gasteiger partial charge >= 0.3 is 5.97 Å². The molecule has 6 nitrogen and oxygen atoms in total. The molecule has 3 rings (SSSR count). The molecule has 0 fully saturated rings. The van der Waals surface area contributed by atoms with Crippen LogP contribution in [-0.2, 0) is 19.1 Å². The number of anilines is 1. The number of benzene rings is 2. The summed E-state index contributed by atoms with van der Waals surface area (Å²) in [7, 11) is 0. The highest BCUT2D eigenvalue weighted by Gasteiger charge is 2.28. The van der Waals surface area contributed by atoms with E-state index in [0.29, 0.717) is 0 Å². The van der Waals surface area contributed by atoms with Crippen molar-refractivity contribution in [2.24, 2.45) is 0 Å². The van der Waals surface area contributed by atoms with Crippen LogP contribution in [-0.4, -0.2) is 29.3 Å². The Labute approximate surface area is 165 Å². The first-order valence-electron chi connectivity index (χ1n) is 8.81. The van der Waals surface area contributed by atoms with Gasteiger partial charge in [-0.05, 0) is 29.3 Å². The van der Waals surface area contributed by atoms with E-state index in [2.05, 4.69) is 5.32 Å². The summed E-state index contributed by atoms with van der Waals surface area (Å²) in [6.45, 7) is 0.800. The molecule has 0 saturated heterocycles. The summed E-state index contributed by atoms with van der Waals surface area (Å²) in [5.74, 6) is -3.74. The fourth-order valence-corrected chi connectivity index (χ4v) is 3.05. The number of carbonyl (C=O) groups is 3. The van der Waals surface area contributed by atoms with Gasteiger partial charge in [-0.15, -0.1) is 0 Å². The second kappa shape index (κ2) is 8.64. The lowest BCUT2D eigenvalue weighted by Gasteiger charge is -2.32. The Morgan fingerprint density at radius 3 is 2.59 bits per heavy atom. The van der Waals surface area contributed by atoms with Crippen LogP contribution in [0.1, 0.15) is 30.5 Å². The number of nitrogens with one attached hydrogen (secondary N) is 1. The molecule has 2 aromatic carbocycles. The third-order valence-electron chi connectivity index (χ3n) is 4.40. The van der Waals surface area contributed by atoms with Gasteiger partial charge in [-0.25, -0.2) is 8.78 Å². The van der Waals surface area contributed by atoms with Crippen LogP contribution in [0.3, 0.4) is 0 Å². The fourth-order valence-electron chi connectivity index (χ4n) is 3.05. The second-order valence-corrected chi connectivity index (χ2v) is 6.43. The van der Waals surface area contributed by atoms with E-state index in [1.165, 1.54) is 17.9 Å². The fraction of sp³-hybridized carbons (Fsp3) is 0.190. The highest BCUT2D eigenvalue weighted by molar-refractivity contribution is 5.92. The number of rotatable bonds is 5. The van der Waals surface area contributed by atoms with E-state index >= 15 is 0 Å². The van der Waals surface area contributed by atoms with E-state index in [1.54, 1.807) is 12.3 Å². The van der Waals surface area contributed by atoms with Crippen LogP contribution in [0.2, 0.25) is 0 Å². The summed E-state index contributed by atoms with van der Waals surface area (Å²) in [6, 6.07) is 9.70. The van der Waals surface area contributed by atoms with Crippen molar-refractivity contribution in [1.82, 2.24) is 4.90 Å². The highest BCUT2D eigenvalue weighted by Crippen LogP contribution is 2.33. The SMILES string of the molecule is CC(=O)N1C=Cc2ccccc2[C@@H]1CC(=O)OCC(=O)Nc1ccc(F)c(F)c1. The molecule has 0 aliphatic carbocycles. The minimum absolute atomic E-state index is 0.0408. The smallest absolute Gasteiger partial charge is 0.308 e. The highest BCUT2D eigenvalue weighted by atomic mass is 19.2. The monoisotopic (exact) mass is 400 g/mol. The average Bonchev–Trinajstić information content (AvgIpc) is 2.69. The van der Waals surface area contributed by atoms with E-state index in [1.807, 2.05) is 24.3 Å². The lowest BCUT2D eigenvalue weighted by Crippen LogP contribution is -2.33. The molecule has 1 N–H and O–H groups in total. The molecule has 1 aliphatic heterocycles. The van der Waals surface area contributed by atoms with E-state index < -0.39 is 36.2 Å². The zero-order valence-electron chi connectivity index (χ0n) is 15.5. The second-order valence-electron chi connectivity index (χ2n) is 6.43. The average molecular weight is 400 g/mol. The first-order valence-corrected chi connectivity index (χ1v) is 8.81. The molecule has 150 valence electrons. The summed E-state index contributed by atoms with van der Waals surface area (Å²) in [4.78, 5) is 37.5. The summed E-state index contributed by atoms with van der Waals surface area (Å²) in [5, 5.41) is 2.31. The number of carbonyl (C=O) groups excluding carboxylic acids is 3. The molecule has 2 aromatic rings. The topological polar surface area (TPSA) is 75.7 Å². The molecule has 0 aromatic heterocycles. The molecule has 1 atom stereocenters. The molecule has 0 bridgehead atoms. The van der Waals surface area contributed by atoms with Crippen molar-refractivity contribution >= 4 is 29.5 Å². The lowest BCUT2D eigenvalue weighted by molar-refractivity contribution is -0.149. The van der Waals surface area contributed by atoms with Gasteiger partial charge in [0.2, 0.25) is 5.91 Å². The minimum Gasteiger partial charge on any atom is -0.455 e. The minimum atomic E-state index is -1.10. The van der Waals surface area contributed by atoms with Crippen molar-refractivity contribution in [3.8, 4) is 0 Å². The van der Waals surface area contributed by atoms with E-state index in [0.717, 1.165) is 23.3 Å². The summed E-state index contributed by atoms with van der Waals surface area (Å²) < 4.78 is 31.1. The maximum Gasteiger partial charge on any atom is 0.308 e. The van der Waals surface area contributed by atoms with Crippen molar-refractivity contribution in [1.29, 1.82) is 0 Å². The first-order chi connectivity index (χ1) is 13.8. The molecule has 1 aliphatic rings. The van der Waals surface area contributed by atoms with Crippen molar-refractivity contribution in [3.63, 3.8) is 0 Å². The number of esters is 1. The van der Waals surface area contributed by atoms with E-state index in [4.69, 9.17) is 4.74 Å². The van der Waals surface area contributed by atoms with Crippen LogP contribution in [0, 0.1) is 11.6 Å². The van der Waals surface area contributed by atoms with Crippen LogP contribution < -0.4 is 5.32 Å². The van der Waals surface area contributed by atoms with Crippen LogP contribution in [0.25, 0.3) is 6.08 Å². The standard InChI is InChI=1S/C21H18F2N2O4/c1-13(26)25-9-8-14-4-2-3-5-16(14)19(25)11-21(28)29-12-20(27)24-15-6-7-17(22)18(23)10-15/h2-10,19H,11-12H2,1H3,(H,24,27)/t19-/m0/s1. The van der Waals surface area contributed by atoms with Gasteiger partial charge in [-0.1, -0.05) is 24.3 Å². The van der Waals surface area contributed by atoms with E-state index in [9.17, 15) is 23.2 Å². The van der Waals surface area contributed by atoms with E-state index in [-0.39, 0.29) is 18.0 Å². The normalized spacial score (nSPS) is 14.9. The van der Waals surface area contributed by atoms with Gasteiger partial charge in [0.1, 0.15) is 0 Å². The molecule has 0 unspecified atom stereocenters. The first kappa shape index (κ1) is 20.2. The van der Waals surface area contributed by atoms with Crippen molar-refractivity contribution < 1.29 is 27.9 Å². The largest absolute Gasteiger partial charge is 0.455 e. The molecule has 0 radical (unpaired) electrons. The van der Waals surface area contributed by atoms with Crippen molar-refractivity contribution in [2.75, 3.05) is 11.9 Å². The summed E-state index contributed by atoms with van der Waals surface area (Å²) >= 11 is 0. The van der Waals surface area contributed by atoms with Gasteiger partial charge in [0.15, 0.2) is 18.2 Å². The van der Waals surface area contributed by atoms with Crippen LogP contribution in [0.15, 0.2) is 48.7 Å². The maximum atomic E-state index is 13.2. The number of nitrogens with zero attached hydrogens (tertiary/aromatic N) is 1. The Morgan fingerprint density at radius 2 is 1.86 bits per heavy atom. The maximum absolute atomic E-state index is 13.2. The third kappa shape index (κ3) is 4.84. The molecule has 2 amide bonds. The molecule has 8 heteroatoms. The Balaban J connectivity index is 1.60. The van der Waals surface area contributed by atoms with Gasteiger partial charge in [0.05, 0.1) is 12.5 Å². The van der Waals surface area contributed by atoms with Crippen LogP contribution in [0.5, 0.6) is 0 Å². The Hall–Kier alpha value is -3.55. The van der Waals surface area contributed by atoms with Crippen LogP contribution in [0.4, 0.5) is 14.5 Å². The van der Waals surface area contributed by atoms with Gasteiger partial charge in [0.25, 0.3) is 5.91 Å². The molecule has 0 saturated carbocycles. The van der Waals surface area contributed by atoms with Gasteiger partial charge in [0, 0.05) is 24.9 Å². The predicted molar refractivity (Wildman–Crippen MR) is 101 cm³/mol. The zero-order valence-corrected chi connectivity index (χ0v) is 15.5. The summed E-state index contributed by atoms with van der Waals surface area (Å²) in [6.07, 6.45) is 3.26. The Bertz CT molecular complexity index is 990. The number of fused-ring (bicyclic) bond motifs is 1. The van der Waals surface area contributed by atoms with Gasteiger partial charge in [-0.3, -0.25) is 14.4 Å².